The van der Waals surface area contributed by atoms with Crippen molar-refractivity contribution in [3.05, 3.63) is 34.9 Å². The first-order valence-corrected chi connectivity index (χ1v) is 13.1. The summed E-state index contributed by atoms with van der Waals surface area (Å²) in [6.07, 6.45) is 5.80. The number of nitrogens with zero attached hydrogens (tertiary/aromatic N) is 1. The Morgan fingerprint density at radius 3 is 2.60 bits per heavy atom. The molecule has 2 unspecified atom stereocenters. The number of piperidine rings is 1. The average Bonchev–Trinajstić information content (AvgIpc) is 3.12. The summed E-state index contributed by atoms with van der Waals surface area (Å²) < 4.78 is 27.2. The van der Waals surface area contributed by atoms with Crippen LogP contribution < -0.4 is 10.6 Å². The lowest BCUT2D eigenvalue weighted by molar-refractivity contribution is -0.136. The highest BCUT2D eigenvalue weighted by Crippen LogP contribution is 2.37. The number of imide groups is 1. The minimum absolute atomic E-state index is 0.0268. The van der Waals surface area contributed by atoms with Crippen LogP contribution in [0.25, 0.3) is 0 Å². The molecule has 4 atom stereocenters. The largest absolute Gasteiger partial charge is 0.322 e. The second-order valence-electron chi connectivity index (χ2n) is 11.2. The molecule has 8 heteroatoms. The Kier molecular flexibility index (Phi) is 6.68. The zero-order valence-electron chi connectivity index (χ0n) is 20.3. The van der Waals surface area contributed by atoms with Crippen molar-refractivity contribution in [1.82, 2.24) is 15.5 Å². The van der Waals surface area contributed by atoms with E-state index in [0.717, 1.165) is 31.2 Å². The summed E-state index contributed by atoms with van der Waals surface area (Å²) in [5.74, 6) is -2.29. The van der Waals surface area contributed by atoms with E-state index in [1.54, 1.807) is 4.90 Å². The van der Waals surface area contributed by atoms with Gasteiger partial charge in [0.25, 0.3) is 5.91 Å². The summed E-state index contributed by atoms with van der Waals surface area (Å²) in [6, 6.07) is 5.86. The third-order valence-electron chi connectivity index (χ3n) is 8.50. The van der Waals surface area contributed by atoms with Crippen LogP contribution in [0.1, 0.15) is 86.2 Å². The van der Waals surface area contributed by atoms with Crippen molar-refractivity contribution in [2.45, 2.75) is 102 Å². The topological polar surface area (TPSA) is 78.5 Å². The molecular formula is C27H35F2N3O3. The lowest BCUT2D eigenvalue weighted by atomic mass is 9.75. The van der Waals surface area contributed by atoms with Crippen LogP contribution in [0, 0.1) is 11.8 Å². The molecule has 3 fully saturated rings. The van der Waals surface area contributed by atoms with Crippen molar-refractivity contribution in [1.29, 1.82) is 0 Å². The van der Waals surface area contributed by atoms with Crippen molar-refractivity contribution in [2.24, 2.45) is 11.8 Å². The van der Waals surface area contributed by atoms with E-state index in [2.05, 4.69) is 23.6 Å². The van der Waals surface area contributed by atoms with Crippen LogP contribution >= 0.6 is 0 Å². The first-order chi connectivity index (χ1) is 16.7. The Bertz CT molecular complexity index is 1000. The summed E-state index contributed by atoms with van der Waals surface area (Å²) >= 11 is 0. The van der Waals surface area contributed by atoms with Gasteiger partial charge in [0.1, 0.15) is 6.04 Å². The normalized spacial score (nSPS) is 31.4. The van der Waals surface area contributed by atoms with E-state index in [1.165, 1.54) is 5.56 Å². The third-order valence-corrected chi connectivity index (χ3v) is 8.50. The van der Waals surface area contributed by atoms with E-state index in [9.17, 15) is 23.2 Å². The van der Waals surface area contributed by atoms with E-state index in [1.807, 2.05) is 12.1 Å². The summed E-state index contributed by atoms with van der Waals surface area (Å²) in [5, 5.41) is 6.08. The van der Waals surface area contributed by atoms with Crippen molar-refractivity contribution >= 4 is 17.7 Å². The predicted octanol–water partition coefficient (Wildman–Crippen LogP) is 3.96. The molecule has 3 amide bonds. The Hall–Kier alpha value is -2.35. The van der Waals surface area contributed by atoms with Gasteiger partial charge in [-0.2, -0.15) is 0 Å². The lowest BCUT2D eigenvalue weighted by Gasteiger charge is -2.39. The number of rotatable bonds is 5. The monoisotopic (exact) mass is 487 g/mol. The molecule has 2 aliphatic carbocycles. The molecular weight excluding hydrogens is 452 g/mol. The number of halogens is 2. The molecule has 0 radical (unpaired) electrons. The van der Waals surface area contributed by atoms with E-state index < -0.39 is 17.9 Å². The molecule has 2 aliphatic heterocycles. The Morgan fingerprint density at radius 1 is 1.09 bits per heavy atom. The maximum absolute atomic E-state index is 13.6. The van der Waals surface area contributed by atoms with Gasteiger partial charge in [-0.15, -0.1) is 0 Å². The van der Waals surface area contributed by atoms with Crippen molar-refractivity contribution in [2.75, 3.05) is 0 Å². The molecule has 2 saturated carbocycles. The summed E-state index contributed by atoms with van der Waals surface area (Å²) in [7, 11) is 0. The average molecular weight is 488 g/mol. The molecule has 190 valence electrons. The molecule has 0 bridgehead atoms. The molecule has 4 aliphatic rings. The molecule has 1 aromatic carbocycles. The van der Waals surface area contributed by atoms with Gasteiger partial charge in [0.15, 0.2) is 0 Å². The third kappa shape index (κ3) is 5.27. The molecule has 35 heavy (non-hydrogen) atoms. The van der Waals surface area contributed by atoms with E-state index in [4.69, 9.17) is 0 Å². The number of alkyl halides is 2. The first kappa shape index (κ1) is 24.3. The molecule has 1 saturated heterocycles. The number of amides is 3. The second kappa shape index (κ2) is 9.60. The van der Waals surface area contributed by atoms with Crippen LogP contribution in [0.4, 0.5) is 8.78 Å². The molecule has 2 heterocycles. The molecule has 0 aromatic heterocycles. The van der Waals surface area contributed by atoms with Gasteiger partial charge >= 0.3 is 0 Å². The molecule has 5 rings (SSSR count). The minimum atomic E-state index is -2.51. The van der Waals surface area contributed by atoms with Gasteiger partial charge in [-0.05, 0) is 74.0 Å². The van der Waals surface area contributed by atoms with Gasteiger partial charge in [-0.1, -0.05) is 19.1 Å². The zero-order chi connectivity index (χ0) is 24.7. The van der Waals surface area contributed by atoms with Crippen molar-refractivity contribution in [3.8, 4) is 0 Å². The highest BCUT2D eigenvalue weighted by atomic mass is 19.3. The quantitative estimate of drug-likeness (QED) is 0.617. The number of hydrogen-bond donors (Lipinski definition) is 2. The van der Waals surface area contributed by atoms with Gasteiger partial charge in [-0.3, -0.25) is 19.7 Å². The number of carbonyl (C=O) groups excluding carboxylic acids is 3. The number of carbonyl (C=O) groups is 3. The van der Waals surface area contributed by atoms with Gasteiger partial charge in [-0.25, -0.2) is 8.78 Å². The fourth-order valence-corrected chi connectivity index (χ4v) is 6.51. The number of nitrogens with one attached hydrogen (secondary N) is 2. The predicted molar refractivity (Wildman–Crippen MR) is 127 cm³/mol. The maximum atomic E-state index is 13.6. The van der Waals surface area contributed by atoms with Crippen molar-refractivity contribution < 1.29 is 23.2 Å². The smallest absolute Gasteiger partial charge is 0.255 e. The van der Waals surface area contributed by atoms with E-state index in [-0.39, 0.29) is 37.1 Å². The van der Waals surface area contributed by atoms with Gasteiger partial charge < -0.3 is 10.2 Å². The fraction of sp³-hybridized carbons (Fsp3) is 0.667. The number of benzene rings is 1. The molecule has 2 N–H and O–H groups in total. The molecule has 6 nitrogen and oxygen atoms in total. The van der Waals surface area contributed by atoms with Crippen LogP contribution in [-0.2, 0) is 22.6 Å². The summed E-state index contributed by atoms with van der Waals surface area (Å²) in [5.41, 5.74) is 2.73. The number of fused-ring (bicyclic) bond motifs is 1. The van der Waals surface area contributed by atoms with Crippen LogP contribution in [0.2, 0.25) is 0 Å². The standard InChI is InChI=1S/C27H35F2N3O3/c1-16-2-5-22(30-20-8-10-27(28,29)11-9-20)18(12-16)13-17-3-4-21-19(14-17)15-32(26(21)35)23-6-7-24(33)31-25(23)34/h3-4,14,16,18,20,22-23,30H,2,5-13,15H2,1H3,(H,31,33,34)/t16?,18-,22+,23?/m1/s1. The highest BCUT2D eigenvalue weighted by molar-refractivity contribution is 6.05. The summed E-state index contributed by atoms with van der Waals surface area (Å²) in [6.45, 7) is 2.66. The van der Waals surface area contributed by atoms with Gasteiger partial charge in [0.2, 0.25) is 17.7 Å². The zero-order valence-corrected chi connectivity index (χ0v) is 20.3. The van der Waals surface area contributed by atoms with Crippen LogP contribution in [0.3, 0.4) is 0 Å². The van der Waals surface area contributed by atoms with Gasteiger partial charge in [0, 0.05) is 43.5 Å². The Labute approximate surface area is 205 Å². The summed E-state index contributed by atoms with van der Waals surface area (Å²) in [4.78, 5) is 38.4. The minimum Gasteiger partial charge on any atom is -0.322 e. The maximum Gasteiger partial charge on any atom is 0.255 e. The SMILES string of the molecule is CC1CC[C@H](NC2CCC(F)(F)CC2)[C@@H](Cc2ccc3c(c2)CN(C2CCC(=O)NC2=O)C3=O)C1. The Balaban J connectivity index is 1.26. The number of hydrogen-bond acceptors (Lipinski definition) is 4. The Morgan fingerprint density at radius 2 is 1.86 bits per heavy atom. The second-order valence-corrected chi connectivity index (χ2v) is 11.2. The van der Waals surface area contributed by atoms with Crippen LogP contribution in [0.15, 0.2) is 18.2 Å². The van der Waals surface area contributed by atoms with E-state index >= 15 is 0 Å². The fourth-order valence-electron chi connectivity index (χ4n) is 6.51. The highest BCUT2D eigenvalue weighted by Gasteiger charge is 2.40. The van der Waals surface area contributed by atoms with E-state index in [0.29, 0.717) is 49.2 Å². The lowest BCUT2D eigenvalue weighted by Crippen LogP contribution is -2.52. The molecule has 1 aromatic rings. The van der Waals surface area contributed by atoms with Crippen LogP contribution in [0.5, 0.6) is 0 Å². The van der Waals surface area contributed by atoms with Crippen LogP contribution in [-0.4, -0.2) is 46.7 Å². The van der Waals surface area contributed by atoms with Crippen molar-refractivity contribution in [3.63, 3.8) is 0 Å². The first-order valence-electron chi connectivity index (χ1n) is 13.1. The van der Waals surface area contributed by atoms with Gasteiger partial charge in [0.05, 0.1) is 0 Å². The molecule has 0 spiro atoms.